The number of methoxy groups -OCH3 is 2. The van der Waals surface area contributed by atoms with Gasteiger partial charge in [0.05, 0.1) is 25.9 Å². The van der Waals surface area contributed by atoms with Gasteiger partial charge in [-0.3, -0.25) is 4.79 Å². The summed E-state index contributed by atoms with van der Waals surface area (Å²) in [6.07, 6.45) is 0.737. The van der Waals surface area contributed by atoms with Crippen LogP contribution in [0.5, 0.6) is 11.5 Å². The highest BCUT2D eigenvalue weighted by atomic mass is 19.1. The molecule has 5 nitrogen and oxygen atoms in total. The molecular weight excluding hydrogens is 407 g/mol. The Kier molecular flexibility index (Phi) is 7.82. The molecule has 0 radical (unpaired) electrons. The van der Waals surface area contributed by atoms with Gasteiger partial charge in [0, 0.05) is 19.5 Å². The fourth-order valence-electron chi connectivity index (χ4n) is 3.47. The Labute approximate surface area is 187 Å². The molecule has 0 saturated carbocycles. The highest BCUT2D eigenvalue weighted by molar-refractivity contribution is 5.76. The zero-order chi connectivity index (χ0) is 22.9. The Bertz CT molecular complexity index is 1110. The fraction of sp³-hybridized carbons (Fsp3) is 0.231. The second-order valence-corrected chi connectivity index (χ2v) is 7.37. The average molecular weight is 432 g/mol. The molecule has 6 heteroatoms. The summed E-state index contributed by atoms with van der Waals surface area (Å²) in [6.45, 7) is 0.641. The van der Waals surface area contributed by atoms with Crippen molar-refractivity contribution in [3.63, 3.8) is 0 Å². The molecule has 0 aliphatic carbocycles. The van der Waals surface area contributed by atoms with E-state index in [0.29, 0.717) is 35.6 Å². The van der Waals surface area contributed by atoms with Gasteiger partial charge in [-0.1, -0.05) is 24.3 Å². The quantitative estimate of drug-likeness (QED) is 0.484. The minimum absolute atomic E-state index is 0.0662. The Morgan fingerprint density at radius 1 is 0.969 bits per heavy atom. The predicted molar refractivity (Wildman–Crippen MR) is 120 cm³/mol. The molecule has 3 rings (SSSR count). The maximum absolute atomic E-state index is 13.7. The van der Waals surface area contributed by atoms with E-state index in [-0.39, 0.29) is 24.7 Å². The number of rotatable bonds is 9. The van der Waals surface area contributed by atoms with Crippen molar-refractivity contribution in [1.29, 1.82) is 5.26 Å². The van der Waals surface area contributed by atoms with Crippen molar-refractivity contribution in [2.45, 2.75) is 25.9 Å². The molecule has 3 aromatic carbocycles. The van der Waals surface area contributed by atoms with E-state index < -0.39 is 0 Å². The molecule has 0 heterocycles. The molecule has 0 unspecified atom stereocenters. The molecule has 32 heavy (non-hydrogen) atoms. The maximum atomic E-state index is 13.7. The maximum Gasteiger partial charge on any atom is 0.223 e. The number of aryl methyl sites for hydroxylation is 1. The van der Waals surface area contributed by atoms with E-state index in [1.807, 2.05) is 30.3 Å². The normalized spacial score (nSPS) is 10.3. The second kappa shape index (κ2) is 11.0. The molecule has 0 N–H and O–H groups in total. The average Bonchev–Trinajstić information content (AvgIpc) is 2.82. The van der Waals surface area contributed by atoms with Gasteiger partial charge in [0.1, 0.15) is 17.3 Å². The van der Waals surface area contributed by atoms with Crippen molar-refractivity contribution in [2.75, 3.05) is 14.2 Å². The first-order chi connectivity index (χ1) is 15.5. The van der Waals surface area contributed by atoms with E-state index in [0.717, 1.165) is 11.1 Å². The number of amides is 1. The van der Waals surface area contributed by atoms with Crippen LogP contribution in [0.15, 0.2) is 66.7 Å². The van der Waals surface area contributed by atoms with Gasteiger partial charge >= 0.3 is 0 Å². The molecule has 0 spiro atoms. The van der Waals surface area contributed by atoms with Crippen LogP contribution in [0.25, 0.3) is 0 Å². The number of hydrogen-bond acceptors (Lipinski definition) is 4. The zero-order valence-electron chi connectivity index (χ0n) is 18.2. The molecule has 0 bridgehead atoms. The van der Waals surface area contributed by atoms with Crippen molar-refractivity contribution in [1.82, 2.24) is 4.90 Å². The van der Waals surface area contributed by atoms with Gasteiger partial charge in [0.15, 0.2) is 0 Å². The largest absolute Gasteiger partial charge is 0.497 e. The second-order valence-electron chi connectivity index (χ2n) is 7.37. The Morgan fingerprint density at radius 2 is 1.72 bits per heavy atom. The van der Waals surface area contributed by atoms with Crippen molar-refractivity contribution in [3.05, 3.63) is 94.8 Å². The molecule has 0 aliphatic heterocycles. The van der Waals surface area contributed by atoms with Gasteiger partial charge < -0.3 is 14.4 Å². The molecule has 0 atom stereocenters. The van der Waals surface area contributed by atoms with Crippen LogP contribution in [0.1, 0.15) is 28.7 Å². The lowest BCUT2D eigenvalue weighted by molar-refractivity contribution is -0.132. The lowest BCUT2D eigenvalue weighted by Crippen LogP contribution is -2.30. The van der Waals surface area contributed by atoms with E-state index in [2.05, 4.69) is 6.07 Å². The van der Waals surface area contributed by atoms with Gasteiger partial charge in [0.2, 0.25) is 5.91 Å². The van der Waals surface area contributed by atoms with Gasteiger partial charge in [0.25, 0.3) is 0 Å². The lowest BCUT2D eigenvalue weighted by atomic mass is 10.1. The third-order valence-corrected chi connectivity index (χ3v) is 5.17. The number of halogens is 1. The molecule has 0 aliphatic rings. The van der Waals surface area contributed by atoms with Crippen LogP contribution >= 0.6 is 0 Å². The SMILES string of the molecule is COc1ccc(OC)c(CCC(=O)N(Cc2ccc(C#N)cc2)Cc2cccc(F)c2)c1. The van der Waals surface area contributed by atoms with Crippen molar-refractivity contribution in [3.8, 4) is 17.6 Å². The molecule has 164 valence electrons. The summed E-state index contributed by atoms with van der Waals surface area (Å²) in [5, 5.41) is 9.01. The van der Waals surface area contributed by atoms with Crippen LogP contribution in [0, 0.1) is 17.1 Å². The van der Waals surface area contributed by atoms with Crippen LogP contribution in [-0.2, 0) is 24.3 Å². The Hall–Kier alpha value is -3.85. The van der Waals surface area contributed by atoms with Crippen LogP contribution < -0.4 is 9.47 Å². The van der Waals surface area contributed by atoms with E-state index in [4.69, 9.17) is 14.7 Å². The highest BCUT2D eigenvalue weighted by Crippen LogP contribution is 2.25. The van der Waals surface area contributed by atoms with Crippen LogP contribution in [0.3, 0.4) is 0 Å². The number of ether oxygens (including phenoxy) is 2. The summed E-state index contributed by atoms with van der Waals surface area (Å²) >= 11 is 0. The molecule has 0 aromatic heterocycles. The van der Waals surface area contributed by atoms with E-state index in [9.17, 15) is 9.18 Å². The van der Waals surface area contributed by atoms with Gasteiger partial charge in [-0.2, -0.15) is 5.26 Å². The van der Waals surface area contributed by atoms with E-state index >= 15 is 0 Å². The summed E-state index contributed by atoms with van der Waals surface area (Å²) < 4.78 is 24.4. The van der Waals surface area contributed by atoms with Gasteiger partial charge in [-0.05, 0) is 65.6 Å². The predicted octanol–water partition coefficient (Wildman–Crippen LogP) is 4.88. The van der Waals surface area contributed by atoms with E-state index in [1.165, 1.54) is 12.1 Å². The van der Waals surface area contributed by atoms with Crippen molar-refractivity contribution >= 4 is 5.91 Å². The Morgan fingerprint density at radius 3 is 2.38 bits per heavy atom. The number of carbonyl (C=O) groups excluding carboxylic acids is 1. The first kappa shape index (κ1) is 22.8. The lowest BCUT2D eigenvalue weighted by Gasteiger charge is -2.23. The standard InChI is InChI=1S/C26H25FN2O3/c1-31-24-11-12-25(32-2)22(15-24)10-13-26(30)29(18-21-4-3-5-23(27)14-21)17-20-8-6-19(16-28)7-9-20/h3-9,11-12,14-15H,10,13,17-18H2,1-2H3. The summed E-state index contributed by atoms with van der Waals surface area (Å²) in [5.74, 6) is 0.989. The number of carbonyl (C=O) groups is 1. The van der Waals surface area contributed by atoms with Crippen LogP contribution in [-0.4, -0.2) is 25.0 Å². The summed E-state index contributed by atoms with van der Waals surface area (Å²) in [4.78, 5) is 14.9. The number of benzene rings is 3. The minimum atomic E-state index is -0.339. The monoisotopic (exact) mass is 432 g/mol. The fourth-order valence-corrected chi connectivity index (χ4v) is 3.47. The molecule has 1 amide bonds. The highest BCUT2D eigenvalue weighted by Gasteiger charge is 2.17. The first-order valence-electron chi connectivity index (χ1n) is 10.2. The topological polar surface area (TPSA) is 62.6 Å². The molecule has 0 fully saturated rings. The zero-order valence-corrected chi connectivity index (χ0v) is 18.2. The van der Waals surface area contributed by atoms with Crippen LogP contribution in [0.4, 0.5) is 4.39 Å². The van der Waals surface area contributed by atoms with Crippen LogP contribution in [0.2, 0.25) is 0 Å². The third kappa shape index (κ3) is 6.08. The number of nitriles is 1. The Balaban J connectivity index is 1.78. The smallest absolute Gasteiger partial charge is 0.223 e. The first-order valence-corrected chi connectivity index (χ1v) is 10.2. The number of nitrogens with zero attached hydrogens (tertiary/aromatic N) is 2. The van der Waals surface area contributed by atoms with Gasteiger partial charge in [-0.15, -0.1) is 0 Å². The van der Waals surface area contributed by atoms with Crippen molar-refractivity contribution < 1.29 is 18.7 Å². The number of hydrogen-bond donors (Lipinski definition) is 0. The summed E-state index contributed by atoms with van der Waals surface area (Å²) in [7, 11) is 3.18. The summed E-state index contributed by atoms with van der Waals surface area (Å²) in [5.41, 5.74) is 3.05. The molecule has 3 aromatic rings. The third-order valence-electron chi connectivity index (χ3n) is 5.17. The molecular formula is C26H25FN2O3. The summed E-state index contributed by atoms with van der Waals surface area (Å²) in [6, 6.07) is 20.9. The van der Waals surface area contributed by atoms with E-state index in [1.54, 1.807) is 43.4 Å². The van der Waals surface area contributed by atoms with Gasteiger partial charge in [-0.25, -0.2) is 4.39 Å². The molecule has 0 saturated heterocycles. The minimum Gasteiger partial charge on any atom is -0.497 e. The van der Waals surface area contributed by atoms with Crippen molar-refractivity contribution in [2.24, 2.45) is 0 Å².